The Balaban J connectivity index is -0.0000000800. The van der Waals surface area contributed by atoms with Crippen LogP contribution in [0.4, 0.5) is 0 Å². The third-order valence-electron chi connectivity index (χ3n) is 0. The molecule has 0 rings (SSSR count). The second-order valence-electron chi connectivity index (χ2n) is 0.408. The van der Waals surface area contributed by atoms with Crippen molar-refractivity contribution in [3.05, 3.63) is 0 Å². The van der Waals surface area contributed by atoms with Gasteiger partial charge in [-0.3, -0.25) is 0 Å². The number of hydrogen-bond donors (Lipinski definition) is 0. The smallest absolute Gasteiger partial charge is 4.00 e. The number of hydrogen-bond acceptors (Lipinski definition) is 4. The van der Waals surface area contributed by atoms with Gasteiger partial charge >= 0.3 is 83.0 Å². The fourth-order valence-corrected chi connectivity index (χ4v) is 0. The molecule has 0 amide bonds. The van der Waals surface area contributed by atoms with Crippen molar-refractivity contribution in [3.8, 4) is 0 Å². The first-order valence-corrected chi connectivity index (χ1v) is 2.75. The molecule has 0 saturated carbocycles. The topological polar surface area (TPSA) is 80.3 Å². The molecule has 4 nitrogen and oxygen atoms in total. The van der Waals surface area contributed by atoms with E-state index in [0.717, 1.165) is 0 Å². The monoisotopic (exact) mass is 259 g/mol. The van der Waals surface area contributed by atoms with Gasteiger partial charge in [0.15, 0.2) is 0 Å². The standard InChI is InChI=1S/Cr.Na.4O.Sn/q;+1;;;2*-1;+4. The van der Waals surface area contributed by atoms with E-state index in [9.17, 15) is 0 Å². The fraction of sp³-hybridized carbons (Fsp3) is 0. The van der Waals surface area contributed by atoms with E-state index in [1.54, 1.807) is 0 Å². The van der Waals surface area contributed by atoms with Crippen molar-refractivity contribution < 1.29 is 59.1 Å². The van der Waals surface area contributed by atoms with Crippen LogP contribution in [0.3, 0.4) is 0 Å². The van der Waals surface area contributed by atoms with E-state index in [-0.39, 0.29) is 53.5 Å². The molecule has 0 saturated heterocycles. The first-order valence-electron chi connectivity index (χ1n) is 0.667. The second kappa shape index (κ2) is 5.98. The van der Waals surface area contributed by atoms with Crippen molar-refractivity contribution in [2.75, 3.05) is 0 Å². The van der Waals surface area contributed by atoms with E-state index in [4.69, 9.17) is 15.9 Å². The van der Waals surface area contributed by atoms with Gasteiger partial charge in [0, 0.05) is 0 Å². The second-order valence-corrected chi connectivity index (χ2v) is 1.68. The molecule has 0 fully saturated rings. The summed E-state index contributed by atoms with van der Waals surface area (Å²) in [4.78, 5) is 0. The molecule has 0 radical (unpaired) electrons. The average molecular weight is 258 g/mol. The summed E-state index contributed by atoms with van der Waals surface area (Å²) in [6.07, 6.45) is 0. The van der Waals surface area contributed by atoms with Gasteiger partial charge in [0.25, 0.3) is 0 Å². The summed E-state index contributed by atoms with van der Waals surface area (Å²) < 4.78 is 34.4. The van der Waals surface area contributed by atoms with Gasteiger partial charge in [0.05, 0.1) is 0 Å². The zero-order valence-electron chi connectivity index (χ0n) is 3.54. The van der Waals surface area contributed by atoms with Crippen LogP contribution in [0.1, 0.15) is 0 Å². The molecular formula is CrNaO4Sn+3. The average Bonchev–Trinajstić information content (AvgIpc) is 0.722. The molecule has 7 heavy (non-hydrogen) atoms. The molecule has 0 aromatic heterocycles. The van der Waals surface area contributed by atoms with Crippen molar-refractivity contribution in [1.82, 2.24) is 0 Å². The van der Waals surface area contributed by atoms with Gasteiger partial charge in [0.1, 0.15) is 0 Å². The van der Waals surface area contributed by atoms with Gasteiger partial charge in [-0.2, -0.15) is 0 Å². The van der Waals surface area contributed by atoms with Crippen molar-refractivity contribution >= 4 is 23.9 Å². The molecule has 0 heterocycles. The minimum Gasteiger partial charge on any atom is 4.00 e. The van der Waals surface area contributed by atoms with Crippen molar-refractivity contribution in [3.63, 3.8) is 0 Å². The van der Waals surface area contributed by atoms with E-state index >= 15 is 0 Å². The Morgan fingerprint density at radius 1 is 1.14 bits per heavy atom. The molecule has 0 bridgehead atoms. The van der Waals surface area contributed by atoms with Gasteiger partial charge in [-0.15, -0.1) is 0 Å². The normalized spacial score (nSPS) is 8.29. The summed E-state index contributed by atoms with van der Waals surface area (Å²) in [5.41, 5.74) is 0. The summed E-state index contributed by atoms with van der Waals surface area (Å²) >= 11 is -5.75. The van der Waals surface area contributed by atoms with Crippen molar-refractivity contribution in [1.29, 1.82) is 0 Å². The van der Waals surface area contributed by atoms with Crippen LogP contribution < -0.4 is 37.9 Å². The molecular weight excluding hydrogens is 258 g/mol. The SMILES string of the molecule is [Na+].[O]=[Cr](=[O])([O-])[O-].[Sn+4]. The zero-order valence-corrected chi connectivity index (χ0v) is 9.67. The third-order valence-corrected chi connectivity index (χ3v) is 0. The largest absolute Gasteiger partial charge is 4.00 e. The quantitative estimate of drug-likeness (QED) is 0.405. The first kappa shape index (κ1) is 15.9. The van der Waals surface area contributed by atoms with Crippen LogP contribution in [0, 0.1) is 0 Å². The summed E-state index contributed by atoms with van der Waals surface area (Å²) in [7, 11) is 0. The van der Waals surface area contributed by atoms with Crippen LogP contribution >= 0.6 is 0 Å². The zero-order chi connectivity index (χ0) is 4.50. The Kier molecular flexibility index (Phi) is 13.6. The molecule has 0 atom stereocenters. The predicted octanol–water partition coefficient (Wildman–Crippen LogP) is -5.99. The van der Waals surface area contributed by atoms with Crippen molar-refractivity contribution in [2.24, 2.45) is 0 Å². The van der Waals surface area contributed by atoms with E-state index in [2.05, 4.69) is 0 Å². The van der Waals surface area contributed by atoms with Crippen LogP contribution in [0.5, 0.6) is 0 Å². The predicted molar refractivity (Wildman–Crippen MR) is 7.13 cm³/mol. The fourth-order valence-electron chi connectivity index (χ4n) is 0. The van der Waals surface area contributed by atoms with Crippen LogP contribution in [-0.4, -0.2) is 23.9 Å². The maximum absolute atomic E-state index is 8.59. The van der Waals surface area contributed by atoms with E-state index in [1.165, 1.54) is 0 Å². The van der Waals surface area contributed by atoms with Gasteiger partial charge in [-0.05, 0) is 0 Å². The molecule has 0 aromatic rings. The van der Waals surface area contributed by atoms with Gasteiger partial charge < -0.3 is 0 Å². The Morgan fingerprint density at radius 3 is 1.14 bits per heavy atom. The van der Waals surface area contributed by atoms with Crippen LogP contribution in [0.25, 0.3) is 0 Å². The Labute approximate surface area is 81.9 Å². The van der Waals surface area contributed by atoms with E-state index in [0.29, 0.717) is 0 Å². The summed E-state index contributed by atoms with van der Waals surface area (Å²) in [5, 5.41) is 0. The van der Waals surface area contributed by atoms with E-state index in [1.807, 2.05) is 0 Å². The van der Waals surface area contributed by atoms with Crippen molar-refractivity contribution in [2.45, 2.75) is 0 Å². The Hall–Kier alpha value is 1.85. The maximum Gasteiger partial charge on any atom is 4.00 e. The van der Waals surface area contributed by atoms with Crippen LogP contribution in [0.2, 0.25) is 0 Å². The van der Waals surface area contributed by atoms with E-state index < -0.39 is 13.6 Å². The van der Waals surface area contributed by atoms with Gasteiger partial charge in [-0.1, -0.05) is 0 Å². The Bertz CT molecular complexity index is 94.9. The molecule has 0 aliphatic rings. The Morgan fingerprint density at radius 2 is 1.14 bits per heavy atom. The van der Waals surface area contributed by atoms with Gasteiger partial charge in [-0.25, -0.2) is 0 Å². The molecule has 7 heteroatoms. The maximum atomic E-state index is 8.59. The molecule has 0 aromatic carbocycles. The minimum atomic E-state index is -5.75. The first-order chi connectivity index (χ1) is 2.00. The number of rotatable bonds is 0. The summed E-state index contributed by atoms with van der Waals surface area (Å²) in [5.74, 6) is 0. The molecule has 0 aliphatic heterocycles. The molecule has 32 valence electrons. The van der Waals surface area contributed by atoms with Crippen LogP contribution in [-0.2, 0) is 21.2 Å². The van der Waals surface area contributed by atoms with Crippen LogP contribution in [0.15, 0.2) is 0 Å². The molecule has 0 unspecified atom stereocenters. The molecule has 0 aliphatic carbocycles. The summed E-state index contributed by atoms with van der Waals surface area (Å²) in [6, 6.07) is 0. The molecule has 0 N–H and O–H groups in total. The molecule has 0 spiro atoms. The minimum absolute atomic E-state index is 0. The third kappa shape index (κ3) is 78.4. The van der Waals surface area contributed by atoms with Gasteiger partial charge in [0.2, 0.25) is 0 Å². The summed E-state index contributed by atoms with van der Waals surface area (Å²) in [6.45, 7) is 0.